The average Bonchev–Trinajstić information content (AvgIpc) is 3.54. The lowest BCUT2D eigenvalue weighted by molar-refractivity contribution is 0.348. The number of nitrogens with zero attached hydrogens (tertiary/aromatic N) is 6. The minimum absolute atomic E-state index is 0.182. The predicted octanol–water partition coefficient (Wildman–Crippen LogP) is 3.20. The summed E-state index contributed by atoms with van der Waals surface area (Å²) in [5.74, 6) is 2.75. The molecule has 2 saturated heterocycles. The van der Waals surface area contributed by atoms with Crippen LogP contribution < -0.4 is 9.80 Å². The molecule has 0 bridgehead atoms. The normalized spacial score (nSPS) is 19.6. The van der Waals surface area contributed by atoms with Crippen LogP contribution in [0.5, 0.6) is 0 Å². The van der Waals surface area contributed by atoms with Crippen molar-refractivity contribution in [1.82, 2.24) is 20.1 Å². The fraction of sp³-hybridized carbons (Fsp3) is 0.500. The van der Waals surface area contributed by atoms with Gasteiger partial charge in [0, 0.05) is 56.4 Å². The molecular weight excluding hydrogens is 452 g/mol. The number of hydrogen-bond donors (Lipinski definition) is 0. The van der Waals surface area contributed by atoms with Gasteiger partial charge in [0.2, 0.25) is 11.8 Å². The van der Waals surface area contributed by atoms with Crippen LogP contribution in [0.2, 0.25) is 0 Å². The molecule has 9 nitrogen and oxygen atoms in total. The molecule has 34 heavy (non-hydrogen) atoms. The molecule has 0 aliphatic carbocycles. The molecule has 1 atom stereocenters. The molecular formula is C24H30N6O3S. The number of aryl methyl sites for hydroxylation is 1. The maximum atomic E-state index is 11.7. The van der Waals surface area contributed by atoms with Gasteiger partial charge in [-0.15, -0.1) is 0 Å². The highest BCUT2D eigenvalue weighted by Crippen LogP contribution is 2.33. The zero-order valence-corrected chi connectivity index (χ0v) is 20.4. The summed E-state index contributed by atoms with van der Waals surface area (Å²) in [6.07, 6.45) is 8.80. The van der Waals surface area contributed by atoms with E-state index in [4.69, 9.17) is 9.51 Å². The quantitative estimate of drug-likeness (QED) is 0.523. The van der Waals surface area contributed by atoms with E-state index in [9.17, 15) is 8.42 Å². The monoisotopic (exact) mass is 482 g/mol. The van der Waals surface area contributed by atoms with Gasteiger partial charge in [0.15, 0.2) is 15.7 Å². The summed E-state index contributed by atoms with van der Waals surface area (Å²) < 4.78 is 29.1. The molecule has 2 fully saturated rings. The molecule has 2 aliphatic heterocycles. The van der Waals surface area contributed by atoms with Crippen LogP contribution >= 0.6 is 0 Å². The molecule has 0 radical (unpaired) electrons. The number of aromatic nitrogens is 4. The number of rotatable bonds is 6. The Balaban J connectivity index is 1.18. The maximum Gasteiger partial charge on any atom is 0.231 e. The van der Waals surface area contributed by atoms with Crippen LogP contribution in [-0.4, -0.2) is 61.0 Å². The fourth-order valence-electron chi connectivity index (χ4n) is 4.71. The second-order valence-electron chi connectivity index (χ2n) is 9.19. The highest BCUT2D eigenvalue weighted by Gasteiger charge is 2.31. The van der Waals surface area contributed by atoms with Crippen molar-refractivity contribution in [3.63, 3.8) is 0 Å². The Hall–Kier alpha value is -3.01. The van der Waals surface area contributed by atoms with Crippen molar-refractivity contribution in [2.45, 2.75) is 49.3 Å². The van der Waals surface area contributed by atoms with E-state index < -0.39 is 9.84 Å². The van der Waals surface area contributed by atoms with Crippen molar-refractivity contribution < 1.29 is 12.9 Å². The molecule has 0 unspecified atom stereocenters. The Morgan fingerprint density at radius 1 is 0.971 bits per heavy atom. The molecule has 5 rings (SSSR count). The first-order valence-electron chi connectivity index (χ1n) is 11.8. The SMILES string of the molecule is CCc1cnc(N2CCC(c3noc([C@H]4CCN(c5ccc(S(C)(=O)=O)cc5)C4)n3)CC2)nc1. The van der Waals surface area contributed by atoms with Crippen LogP contribution in [-0.2, 0) is 16.3 Å². The van der Waals surface area contributed by atoms with E-state index in [-0.39, 0.29) is 11.8 Å². The van der Waals surface area contributed by atoms with Gasteiger partial charge in [-0.3, -0.25) is 0 Å². The molecule has 2 aliphatic rings. The lowest BCUT2D eigenvalue weighted by atomic mass is 9.96. The van der Waals surface area contributed by atoms with E-state index in [1.807, 2.05) is 24.5 Å². The zero-order valence-electron chi connectivity index (χ0n) is 19.6. The first-order valence-corrected chi connectivity index (χ1v) is 13.7. The zero-order chi connectivity index (χ0) is 23.7. The molecule has 0 amide bonds. The summed E-state index contributed by atoms with van der Waals surface area (Å²) in [5.41, 5.74) is 2.16. The lowest BCUT2D eigenvalue weighted by Crippen LogP contribution is -2.34. The number of piperidine rings is 1. The van der Waals surface area contributed by atoms with E-state index in [2.05, 4.69) is 31.8 Å². The minimum Gasteiger partial charge on any atom is -0.371 e. The molecule has 180 valence electrons. The smallest absolute Gasteiger partial charge is 0.231 e. The number of anilines is 2. The van der Waals surface area contributed by atoms with Crippen molar-refractivity contribution in [1.29, 1.82) is 0 Å². The first kappa shape index (κ1) is 22.8. The lowest BCUT2D eigenvalue weighted by Gasteiger charge is -2.30. The Labute approximate surface area is 200 Å². The average molecular weight is 483 g/mol. The summed E-state index contributed by atoms with van der Waals surface area (Å²) in [6, 6.07) is 7.06. The van der Waals surface area contributed by atoms with Gasteiger partial charge in [-0.2, -0.15) is 4.98 Å². The predicted molar refractivity (Wildman–Crippen MR) is 129 cm³/mol. The maximum absolute atomic E-state index is 11.7. The molecule has 2 aromatic heterocycles. The van der Waals surface area contributed by atoms with Gasteiger partial charge < -0.3 is 14.3 Å². The van der Waals surface area contributed by atoms with E-state index in [1.54, 1.807) is 12.1 Å². The summed E-state index contributed by atoms with van der Waals surface area (Å²) >= 11 is 0. The van der Waals surface area contributed by atoms with Gasteiger partial charge >= 0.3 is 0 Å². The highest BCUT2D eigenvalue weighted by molar-refractivity contribution is 7.90. The second kappa shape index (κ2) is 9.32. The van der Waals surface area contributed by atoms with Gasteiger partial charge in [0.1, 0.15) is 0 Å². The van der Waals surface area contributed by atoms with E-state index in [0.717, 1.165) is 74.9 Å². The third-order valence-electron chi connectivity index (χ3n) is 6.87. The van der Waals surface area contributed by atoms with Gasteiger partial charge in [-0.25, -0.2) is 18.4 Å². The van der Waals surface area contributed by atoms with E-state index in [0.29, 0.717) is 10.8 Å². The van der Waals surface area contributed by atoms with Crippen molar-refractivity contribution in [3.8, 4) is 0 Å². The van der Waals surface area contributed by atoms with Crippen molar-refractivity contribution in [2.24, 2.45) is 0 Å². The Kier molecular flexibility index (Phi) is 6.24. The number of sulfone groups is 1. The first-order chi connectivity index (χ1) is 16.4. The summed E-state index contributed by atoms with van der Waals surface area (Å²) in [7, 11) is -3.19. The third-order valence-corrected chi connectivity index (χ3v) is 8.00. The van der Waals surface area contributed by atoms with Gasteiger partial charge in [-0.05, 0) is 55.5 Å². The summed E-state index contributed by atoms with van der Waals surface area (Å²) in [5, 5.41) is 4.32. The summed E-state index contributed by atoms with van der Waals surface area (Å²) in [4.78, 5) is 18.6. The molecule has 0 saturated carbocycles. The van der Waals surface area contributed by atoms with Crippen LogP contribution in [0, 0.1) is 0 Å². The minimum atomic E-state index is -3.19. The Morgan fingerprint density at radius 3 is 2.26 bits per heavy atom. The molecule has 0 N–H and O–H groups in total. The summed E-state index contributed by atoms with van der Waals surface area (Å²) in [6.45, 7) is 5.50. The second-order valence-corrected chi connectivity index (χ2v) is 11.2. The third kappa shape index (κ3) is 4.77. The molecule has 10 heteroatoms. The van der Waals surface area contributed by atoms with Crippen LogP contribution in [0.25, 0.3) is 0 Å². The van der Waals surface area contributed by atoms with Gasteiger partial charge in [-0.1, -0.05) is 12.1 Å². The van der Waals surface area contributed by atoms with Crippen LogP contribution in [0.4, 0.5) is 11.6 Å². The Morgan fingerprint density at radius 2 is 1.62 bits per heavy atom. The highest BCUT2D eigenvalue weighted by atomic mass is 32.2. The topological polar surface area (TPSA) is 105 Å². The number of hydrogen-bond acceptors (Lipinski definition) is 9. The fourth-order valence-corrected chi connectivity index (χ4v) is 5.34. The van der Waals surface area contributed by atoms with Crippen molar-refractivity contribution >= 4 is 21.5 Å². The molecule has 4 heterocycles. The van der Waals surface area contributed by atoms with Crippen LogP contribution in [0.1, 0.15) is 55.3 Å². The van der Waals surface area contributed by atoms with Gasteiger partial charge in [0.05, 0.1) is 10.8 Å². The van der Waals surface area contributed by atoms with Crippen LogP contribution in [0.15, 0.2) is 46.1 Å². The molecule has 0 spiro atoms. The Bertz CT molecular complexity index is 1220. The molecule has 3 aromatic rings. The standard InChI is InChI=1S/C24H30N6O3S/c1-3-17-14-25-24(26-15-17)29-11-8-18(9-12-29)22-27-23(33-28-22)19-10-13-30(16-19)20-4-6-21(7-5-20)34(2,31)32/h4-7,14-15,18-19H,3,8-13,16H2,1-2H3/t19-/m0/s1. The van der Waals surface area contributed by atoms with Crippen LogP contribution in [0.3, 0.4) is 0 Å². The molecule has 1 aromatic carbocycles. The van der Waals surface area contributed by atoms with Crippen molar-refractivity contribution in [2.75, 3.05) is 42.2 Å². The van der Waals surface area contributed by atoms with Crippen molar-refractivity contribution in [3.05, 3.63) is 53.9 Å². The largest absolute Gasteiger partial charge is 0.371 e. The van der Waals surface area contributed by atoms with E-state index in [1.165, 1.54) is 6.26 Å². The number of benzene rings is 1. The van der Waals surface area contributed by atoms with E-state index >= 15 is 0 Å². The van der Waals surface area contributed by atoms with Gasteiger partial charge in [0.25, 0.3) is 0 Å².